The second kappa shape index (κ2) is 10.3. The molecular weight excluding hydrogens is 333 g/mol. The number of aromatic nitrogens is 2. The topological polar surface area (TPSA) is 57.5 Å². The molecule has 1 aromatic heterocycles. The van der Waals surface area contributed by atoms with E-state index in [-0.39, 0.29) is 6.54 Å². The molecule has 2 N–H and O–H groups in total. The molecule has 0 saturated carbocycles. The van der Waals surface area contributed by atoms with Gasteiger partial charge in [-0.1, -0.05) is 0 Å². The summed E-state index contributed by atoms with van der Waals surface area (Å²) < 4.78 is 38.8. The Hall–Kier alpha value is -1.77. The van der Waals surface area contributed by atoms with Gasteiger partial charge in [-0.25, -0.2) is 0 Å². The Balaban J connectivity index is 2.34. The van der Waals surface area contributed by atoms with Crippen LogP contribution in [-0.2, 0) is 6.54 Å². The van der Waals surface area contributed by atoms with Crippen LogP contribution >= 0.6 is 0 Å². The summed E-state index contributed by atoms with van der Waals surface area (Å²) in [4.78, 5) is 5.68. The summed E-state index contributed by atoms with van der Waals surface area (Å²) in [5.74, 6) is 0.622. The van der Waals surface area contributed by atoms with Gasteiger partial charge < -0.3 is 10.6 Å². The average molecular weight is 362 g/mol. The third-order valence-corrected chi connectivity index (χ3v) is 3.48. The lowest BCUT2D eigenvalue weighted by Gasteiger charge is -2.19. The van der Waals surface area contributed by atoms with Gasteiger partial charge in [-0.05, 0) is 40.3 Å². The summed E-state index contributed by atoms with van der Waals surface area (Å²) in [7, 11) is 1.45. The van der Waals surface area contributed by atoms with Crippen molar-refractivity contribution in [3.05, 3.63) is 17.5 Å². The number of guanidine groups is 1. The van der Waals surface area contributed by atoms with Gasteiger partial charge >= 0.3 is 6.18 Å². The second-order valence-corrected chi connectivity index (χ2v) is 6.04. The van der Waals surface area contributed by atoms with Crippen molar-refractivity contribution in [1.82, 2.24) is 25.3 Å². The smallest absolute Gasteiger partial charge is 0.357 e. The lowest BCUT2D eigenvalue weighted by molar-refractivity contribution is -0.142. The molecule has 0 fully saturated rings. The molecule has 0 spiro atoms. The zero-order valence-electron chi connectivity index (χ0n) is 15.4. The van der Waals surface area contributed by atoms with Crippen LogP contribution in [0.5, 0.6) is 0 Å². The van der Waals surface area contributed by atoms with E-state index in [2.05, 4.69) is 20.7 Å². The molecule has 0 aliphatic rings. The fourth-order valence-corrected chi connectivity index (χ4v) is 2.40. The number of hydrogen-bond donors (Lipinski definition) is 2. The molecule has 9 heteroatoms. The Kier molecular flexibility index (Phi) is 8.74. The highest BCUT2D eigenvalue weighted by atomic mass is 19.4. The minimum atomic E-state index is -4.17. The first-order valence-corrected chi connectivity index (χ1v) is 8.50. The van der Waals surface area contributed by atoms with Crippen LogP contribution in [0, 0.1) is 13.8 Å². The van der Waals surface area contributed by atoms with Crippen molar-refractivity contribution in [3.63, 3.8) is 0 Å². The van der Waals surface area contributed by atoms with E-state index in [1.165, 1.54) is 11.9 Å². The maximum atomic E-state index is 12.3. The summed E-state index contributed by atoms with van der Waals surface area (Å²) in [6.45, 7) is 7.81. The zero-order valence-corrected chi connectivity index (χ0v) is 15.4. The highest BCUT2D eigenvalue weighted by Crippen LogP contribution is 2.14. The first kappa shape index (κ1) is 21.3. The van der Waals surface area contributed by atoms with Crippen molar-refractivity contribution in [1.29, 1.82) is 0 Å². The Bertz CT molecular complexity index is 538. The number of aliphatic imine (C=N–C) groups is 1. The molecule has 0 atom stereocenters. The van der Waals surface area contributed by atoms with Crippen LogP contribution in [0.2, 0.25) is 0 Å². The Labute approximate surface area is 147 Å². The van der Waals surface area contributed by atoms with Crippen LogP contribution < -0.4 is 10.6 Å². The maximum Gasteiger partial charge on any atom is 0.401 e. The second-order valence-electron chi connectivity index (χ2n) is 6.04. The molecule has 0 unspecified atom stereocenters. The Morgan fingerprint density at radius 3 is 2.60 bits per heavy atom. The van der Waals surface area contributed by atoms with Crippen molar-refractivity contribution in [2.24, 2.45) is 4.99 Å². The largest absolute Gasteiger partial charge is 0.401 e. The third-order valence-electron chi connectivity index (χ3n) is 3.48. The Morgan fingerprint density at radius 2 is 2.04 bits per heavy atom. The number of nitrogens with zero attached hydrogens (tertiary/aromatic N) is 4. The normalized spacial score (nSPS) is 12.7. The van der Waals surface area contributed by atoms with Gasteiger partial charge in [0.1, 0.15) is 0 Å². The number of alkyl halides is 3. The van der Waals surface area contributed by atoms with Crippen molar-refractivity contribution < 1.29 is 13.2 Å². The zero-order chi connectivity index (χ0) is 18.9. The van der Waals surface area contributed by atoms with E-state index in [4.69, 9.17) is 0 Å². The summed E-state index contributed by atoms with van der Waals surface area (Å²) in [6.07, 6.45) is -3.33. The van der Waals surface area contributed by atoms with Crippen molar-refractivity contribution in [3.8, 4) is 0 Å². The van der Waals surface area contributed by atoms with Crippen LogP contribution in [0.25, 0.3) is 0 Å². The van der Waals surface area contributed by atoms with Crippen molar-refractivity contribution in [2.45, 2.75) is 39.9 Å². The van der Waals surface area contributed by atoms with E-state index >= 15 is 0 Å². The van der Waals surface area contributed by atoms with Gasteiger partial charge in [0.2, 0.25) is 0 Å². The van der Waals surface area contributed by atoms with E-state index in [1.54, 1.807) is 0 Å². The molecular formula is C16H29F3N6. The lowest BCUT2D eigenvalue weighted by Crippen LogP contribution is -2.42. The molecule has 144 valence electrons. The van der Waals surface area contributed by atoms with Gasteiger partial charge in [0.15, 0.2) is 5.96 Å². The summed E-state index contributed by atoms with van der Waals surface area (Å²) in [5.41, 5.74) is 2.12. The van der Waals surface area contributed by atoms with Gasteiger partial charge in [-0.3, -0.25) is 14.6 Å². The SMILES string of the molecule is CCNC(=NCCCn1nc(C)cc1C)NCCN(C)CC(F)(F)F. The van der Waals surface area contributed by atoms with Gasteiger partial charge in [-0.15, -0.1) is 0 Å². The number of hydrogen-bond acceptors (Lipinski definition) is 3. The van der Waals surface area contributed by atoms with Crippen LogP contribution in [0.15, 0.2) is 11.1 Å². The predicted molar refractivity (Wildman–Crippen MR) is 93.9 cm³/mol. The molecule has 1 aromatic rings. The van der Waals surface area contributed by atoms with Gasteiger partial charge in [-0.2, -0.15) is 18.3 Å². The molecule has 1 heterocycles. The predicted octanol–water partition coefficient (Wildman–Crippen LogP) is 1.94. The van der Waals surface area contributed by atoms with Crippen molar-refractivity contribution in [2.75, 3.05) is 39.8 Å². The number of likely N-dealkylation sites (N-methyl/N-ethyl adjacent to an activating group) is 1. The summed E-state index contributed by atoms with van der Waals surface area (Å²) >= 11 is 0. The number of nitrogens with one attached hydrogen (secondary N) is 2. The fourth-order valence-electron chi connectivity index (χ4n) is 2.40. The minimum Gasteiger partial charge on any atom is -0.357 e. The molecule has 0 aromatic carbocycles. The monoisotopic (exact) mass is 362 g/mol. The standard InChI is InChI=1S/C16H29F3N6/c1-5-20-15(22-8-10-24(4)12-16(17,18)19)21-7-6-9-25-14(3)11-13(2)23-25/h11H,5-10,12H2,1-4H3,(H2,20,21,22). The van der Waals surface area contributed by atoms with Crippen molar-refractivity contribution >= 4 is 5.96 Å². The van der Waals surface area contributed by atoms with Gasteiger partial charge in [0.05, 0.1) is 12.2 Å². The molecule has 0 aliphatic carbocycles. The molecule has 25 heavy (non-hydrogen) atoms. The third kappa shape index (κ3) is 9.33. The van der Waals surface area contributed by atoms with Crippen LogP contribution in [0.3, 0.4) is 0 Å². The molecule has 0 bridgehead atoms. The van der Waals surface area contributed by atoms with E-state index < -0.39 is 12.7 Å². The number of halogens is 3. The van der Waals surface area contributed by atoms with Crippen LogP contribution in [0.1, 0.15) is 24.7 Å². The van der Waals surface area contributed by atoms with Crippen LogP contribution in [0.4, 0.5) is 13.2 Å². The van der Waals surface area contributed by atoms with Gasteiger partial charge in [0, 0.05) is 38.4 Å². The number of aryl methyl sites for hydroxylation is 3. The quantitative estimate of drug-likeness (QED) is 0.400. The average Bonchev–Trinajstić information content (AvgIpc) is 2.79. The fraction of sp³-hybridized carbons (Fsp3) is 0.750. The highest BCUT2D eigenvalue weighted by molar-refractivity contribution is 5.79. The first-order valence-electron chi connectivity index (χ1n) is 8.50. The highest BCUT2D eigenvalue weighted by Gasteiger charge is 2.28. The Morgan fingerprint density at radius 1 is 1.32 bits per heavy atom. The minimum absolute atomic E-state index is 0.287. The molecule has 6 nitrogen and oxygen atoms in total. The summed E-state index contributed by atoms with van der Waals surface area (Å²) in [5, 5.41) is 10.6. The van der Waals surface area contributed by atoms with Crippen LogP contribution in [-0.4, -0.2) is 66.6 Å². The van der Waals surface area contributed by atoms with E-state index in [9.17, 15) is 13.2 Å². The molecule has 1 rings (SSSR count). The van der Waals surface area contributed by atoms with E-state index in [0.29, 0.717) is 25.6 Å². The van der Waals surface area contributed by atoms with E-state index in [0.717, 1.165) is 24.4 Å². The molecule has 0 saturated heterocycles. The van der Waals surface area contributed by atoms with Gasteiger partial charge in [0.25, 0.3) is 0 Å². The molecule has 0 amide bonds. The summed E-state index contributed by atoms with van der Waals surface area (Å²) in [6, 6.07) is 2.03. The maximum absolute atomic E-state index is 12.3. The first-order chi connectivity index (χ1) is 11.7. The molecule has 0 aliphatic heterocycles. The van der Waals surface area contributed by atoms with E-state index in [1.807, 2.05) is 31.5 Å². The number of rotatable bonds is 9. The molecule has 0 radical (unpaired) electrons. The lowest BCUT2D eigenvalue weighted by atomic mass is 10.4.